The molecule has 0 saturated heterocycles. The predicted molar refractivity (Wildman–Crippen MR) is 78.3 cm³/mol. The minimum absolute atomic E-state index is 0.352. The standard InChI is InChI=1S/C15H15FN4S/c16-13-7-11(9-17)6-12(8-13)10-21-15-19-18-14-4-2-1-3-5-20(14)15/h6-8H,1-5,10H2. The summed E-state index contributed by atoms with van der Waals surface area (Å²) in [4.78, 5) is 0. The Balaban J connectivity index is 1.75. The summed E-state index contributed by atoms with van der Waals surface area (Å²) in [7, 11) is 0. The Kier molecular flexibility index (Phi) is 4.20. The highest BCUT2D eigenvalue weighted by Crippen LogP contribution is 2.25. The van der Waals surface area contributed by atoms with E-state index in [9.17, 15) is 4.39 Å². The molecule has 108 valence electrons. The first-order chi connectivity index (χ1) is 10.3. The van der Waals surface area contributed by atoms with Gasteiger partial charge in [0, 0.05) is 18.7 Å². The first kappa shape index (κ1) is 14.1. The van der Waals surface area contributed by atoms with Crippen molar-refractivity contribution >= 4 is 11.8 Å². The maximum Gasteiger partial charge on any atom is 0.191 e. The van der Waals surface area contributed by atoms with Crippen molar-refractivity contribution in [3.8, 4) is 6.07 Å². The minimum atomic E-state index is -0.371. The molecule has 0 spiro atoms. The summed E-state index contributed by atoms with van der Waals surface area (Å²) in [5.74, 6) is 1.27. The van der Waals surface area contributed by atoms with E-state index in [-0.39, 0.29) is 5.82 Å². The second-order valence-corrected chi connectivity index (χ2v) is 6.05. The van der Waals surface area contributed by atoms with Crippen LogP contribution in [0.15, 0.2) is 23.4 Å². The van der Waals surface area contributed by atoms with E-state index in [1.54, 1.807) is 17.8 Å². The van der Waals surface area contributed by atoms with Crippen LogP contribution in [0.4, 0.5) is 4.39 Å². The number of benzene rings is 1. The van der Waals surface area contributed by atoms with Crippen LogP contribution in [-0.2, 0) is 18.7 Å². The summed E-state index contributed by atoms with van der Waals surface area (Å²) < 4.78 is 15.6. The molecule has 0 unspecified atom stereocenters. The third-order valence-electron chi connectivity index (χ3n) is 3.53. The van der Waals surface area contributed by atoms with Crippen molar-refractivity contribution in [3.05, 3.63) is 41.0 Å². The lowest BCUT2D eigenvalue weighted by Crippen LogP contribution is -2.02. The number of hydrogen-bond acceptors (Lipinski definition) is 4. The van der Waals surface area contributed by atoms with Crippen LogP contribution in [0, 0.1) is 17.1 Å². The minimum Gasteiger partial charge on any atom is -0.306 e. The van der Waals surface area contributed by atoms with Gasteiger partial charge < -0.3 is 4.57 Å². The highest BCUT2D eigenvalue weighted by atomic mass is 32.2. The summed E-state index contributed by atoms with van der Waals surface area (Å²) in [5, 5.41) is 18.2. The number of hydrogen-bond donors (Lipinski definition) is 0. The van der Waals surface area contributed by atoms with Crippen LogP contribution in [0.1, 0.15) is 36.2 Å². The number of halogens is 1. The third kappa shape index (κ3) is 3.24. The lowest BCUT2D eigenvalue weighted by atomic mass is 10.1. The Labute approximate surface area is 127 Å². The lowest BCUT2D eigenvalue weighted by Gasteiger charge is -2.06. The van der Waals surface area contributed by atoms with Crippen LogP contribution in [-0.4, -0.2) is 14.8 Å². The zero-order chi connectivity index (χ0) is 14.7. The summed E-state index contributed by atoms with van der Waals surface area (Å²) in [6.07, 6.45) is 4.52. The van der Waals surface area contributed by atoms with Gasteiger partial charge in [0.1, 0.15) is 11.6 Å². The molecule has 4 nitrogen and oxygen atoms in total. The summed E-state index contributed by atoms with van der Waals surface area (Å²) in [5.41, 5.74) is 1.15. The van der Waals surface area contributed by atoms with Gasteiger partial charge in [-0.05, 0) is 36.6 Å². The van der Waals surface area contributed by atoms with Crippen molar-refractivity contribution in [1.82, 2.24) is 14.8 Å². The predicted octanol–water partition coefficient (Wildman–Crippen LogP) is 3.31. The van der Waals surface area contributed by atoms with Crippen LogP contribution in [0.3, 0.4) is 0 Å². The molecule has 0 saturated carbocycles. The van der Waals surface area contributed by atoms with Crippen molar-refractivity contribution in [2.75, 3.05) is 0 Å². The van der Waals surface area contributed by atoms with Gasteiger partial charge in [0.05, 0.1) is 11.6 Å². The number of aromatic nitrogens is 3. The molecule has 0 radical (unpaired) electrons. The monoisotopic (exact) mass is 302 g/mol. The topological polar surface area (TPSA) is 54.5 Å². The molecule has 6 heteroatoms. The molecule has 1 aliphatic rings. The van der Waals surface area contributed by atoms with Gasteiger partial charge in [0.25, 0.3) is 0 Å². The van der Waals surface area contributed by atoms with Crippen molar-refractivity contribution in [2.24, 2.45) is 0 Å². The molecule has 0 fully saturated rings. The van der Waals surface area contributed by atoms with Crippen molar-refractivity contribution in [3.63, 3.8) is 0 Å². The first-order valence-electron chi connectivity index (χ1n) is 7.01. The third-order valence-corrected chi connectivity index (χ3v) is 4.57. The van der Waals surface area contributed by atoms with Gasteiger partial charge in [-0.1, -0.05) is 18.2 Å². The number of nitriles is 1. The Hall–Kier alpha value is -1.87. The molecular formula is C15H15FN4S. The van der Waals surface area contributed by atoms with E-state index >= 15 is 0 Å². The van der Waals surface area contributed by atoms with Gasteiger partial charge >= 0.3 is 0 Å². The Bertz CT molecular complexity index is 689. The summed E-state index contributed by atoms with van der Waals surface area (Å²) in [6.45, 7) is 0.956. The molecule has 1 aromatic carbocycles. The van der Waals surface area contributed by atoms with Crippen LogP contribution in [0.25, 0.3) is 0 Å². The molecule has 0 aliphatic carbocycles. The van der Waals surface area contributed by atoms with E-state index in [1.807, 2.05) is 6.07 Å². The Morgan fingerprint density at radius 1 is 1.24 bits per heavy atom. The van der Waals surface area contributed by atoms with Gasteiger partial charge in [-0.15, -0.1) is 10.2 Å². The molecule has 3 rings (SSSR count). The van der Waals surface area contributed by atoms with Gasteiger partial charge in [-0.25, -0.2) is 4.39 Å². The molecule has 0 N–H and O–H groups in total. The highest BCUT2D eigenvalue weighted by Gasteiger charge is 2.15. The van der Waals surface area contributed by atoms with E-state index in [4.69, 9.17) is 5.26 Å². The average molecular weight is 302 g/mol. The van der Waals surface area contributed by atoms with Crippen molar-refractivity contribution < 1.29 is 4.39 Å². The van der Waals surface area contributed by atoms with Crippen LogP contribution in [0.5, 0.6) is 0 Å². The molecule has 0 atom stereocenters. The fraction of sp³-hybridized carbons (Fsp3) is 0.400. The van der Waals surface area contributed by atoms with E-state index in [0.29, 0.717) is 11.3 Å². The quantitative estimate of drug-likeness (QED) is 0.816. The fourth-order valence-corrected chi connectivity index (χ4v) is 3.42. The molecule has 1 aliphatic heterocycles. The van der Waals surface area contributed by atoms with E-state index in [0.717, 1.165) is 42.4 Å². The van der Waals surface area contributed by atoms with Crippen LogP contribution < -0.4 is 0 Å². The number of rotatable bonds is 3. The Morgan fingerprint density at radius 3 is 3.00 bits per heavy atom. The normalized spacial score (nSPS) is 14.3. The first-order valence-corrected chi connectivity index (χ1v) is 7.99. The van der Waals surface area contributed by atoms with Crippen LogP contribution >= 0.6 is 11.8 Å². The van der Waals surface area contributed by atoms with Crippen molar-refractivity contribution in [1.29, 1.82) is 5.26 Å². The Morgan fingerprint density at radius 2 is 2.14 bits per heavy atom. The maximum absolute atomic E-state index is 13.4. The molecule has 21 heavy (non-hydrogen) atoms. The molecule has 0 amide bonds. The summed E-state index contributed by atoms with van der Waals surface area (Å²) >= 11 is 1.55. The maximum atomic E-state index is 13.4. The van der Waals surface area contributed by atoms with E-state index in [2.05, 4.69) is 14.8 Å². The number of fused-ring (bicyclic) bond motifs is 1. The largest absolute Gasteiger partial charge is 0.306 e. The van der Waals surface area contributed by atoms with Crippen molar-refractivity contribution in [2.45, 2.75) is 43.1 Å². The zero-order valence-electron chi connectivity index (χ0n) is 11.5. The van der Waals surface area contributed by atoms with Crippen LogP contribution in [0.2, 0.25) is 0 Å². The summed E-state index contributed by atoms with van der Waals surface area (Å²) in [6, 6.07) is 6.41. The molecular weight excluding hydrogens is 287 g/mol. The highest BCUT2D eigenvalue weighted by molar-refractivity contribution is 7.98. The number of aryl methyl sites for hydroxylation is 1. The van der Waals surface area contributed by atoms with Gasteiger partial charge in [0.2, 0.25) is 0 Å². The number of thioether (sulfide) groups is 1. The lowest BCUT2D eigenvalue weighted by molar-refractivity contribution is 0.591. The van der Waals surface area contributed by atoms with E-state index < -0.39 is 0 Å². The molecule has 2 aromatic rings. The fourth-order valence-electron chi connectivity index (χ4n) is 2.51. The van der Waals surface area contributed by atoms with Gasteiger partial charge in [-0.2, -0.15) is 5.26 Å². The SMILES string of the molecule is N#Cc1cc(F)cc(CSc2nnc3n2CCCCC3)c1. The molecule has 2 heterocycles. The second-order valence-electron chi connectivity index (χ2n) is 5.11. The van der Waals surface area contributed by atoms with Gasteiger partial charge in [0.15, 0.2) is 5.16 Å². The molecule has 0 bridgehead atoms. The van der Waals surface area contributed by atoms with E-state index in [1.165, 1.54) is 18.6 Å². The average Bonchev–Trinajstić information content (AvgIpc) is 2.71. The smallest absolute Gasteiger partial charge is 0.191 e. The number of nitrogens with zero attached hydrogens (tertiary/aromatic N) is 4. The second kappa shape index (κ2) is 6.27. The molecule has 1 aromatic heterocycles. The van der Waals surface area contributed by atoms with Gasteiger partial charge in [-0.3, -0.25) is 0 Å². The zero-order valence-corrected chi connectivity index (χ0v) is 12.4.